The van der Waals surface area contributed by atoms with Gasteiger partial charge in [0, 0.05) is 19.0 Å². The van der Waals surface area contributed by atoms with Gasteiger partial charge >= 0.3 is 0 Å². The molecule has 0 saturated heterocycles. The van der Waals surface area contributed by atoms with Crippen molar-refractivity contribution in [3.63, 3.8) is 0 Å². The summed E-state index contributed by atoms with van der Waals surface area (Å²) in [6, 6.07) is 5.39. The van der Waals surface area contributed by atoms with E-state index in [1.54, 1.807) is 19.9 Å². The number of nitrogens with zero attached hydrogens (tertiary/aromatic N) is 2. The maximum Gasteiger partial charge on any atom is 0.133 e. The molecule has 2 rings (SSSR count). The fourth-order valence-electron chi connectivity index (χ4n) is 2.27. The highest BCUT2D eigenvalue weighted by Crippen LogP contribution is 2.16. The van der Waals surface area contributed by atoms with Crippen LogP contribution in [0.5, 0.6) is 0 Å². The Morgan fingerprint density at radius 3 is 2.43 bits per heavy atom. The minimum Gasteiger partial charge on any atom is -0.384 e. The molecule has 5 heteroatoms. The van der Waals surface area contributed by atoms with Crippen LogP contribution in [0.3, 0.4) is 0 Å². The largest absolute Gasteiger partial charge is 0.384 e. The van der Waals surface area contributed by atoms with Crippen molar-refractivity contribution >= 4 is 11.6 Å². The molecule has 21 heavy (non-hydrogen) atoms. The van der Waals surface area contributed by atoms with Gasteiger partial charge in [-0.15, -0.1) is 0 Å². The highest BCUT2D eigenvalue weighted by molar-refractivity contribution is 5.45. The number of nitrogen functional groups attached to an aromatic ring is 1. The van der Waals surface area contributed by atoms with Gasteiger partial charge in [0.15, 0.2) is 0 Å². The van der Waals surface area contributed by atoms with Crippen molar-refractivity contribution in [2.45, 2.75) is 40.2 Å². The number of aryl methyl sites for hydroxylation is 3. The zero-order valence-corrected chi connectivity index (χ0v) is 12.7. The average molecular weight is 288 g/mol. The molecule has 1 aromatic heterocycles. The summed E-state index contributed by atoms with van der Waals surface area (Å²) in [5.41, 5.74) is 8.11. The van der Waals surface area contributed by atoms with Crippen molar-refractivity contribution in [3.05, 3.63) is 46.5 Å². The summed E-state index contributed by atoms with van der Waals surface area (Å²) >= 11 is 0. The molecule has 0 aliphatic rings. The van der Waals surface area contributed by atoms with Gasteiger partial charge in [-0.3, -0.25) is 0 Å². The lowest BCUT2D eigenvalue weighted by molar-refractivity contribution is 0.608. The van der Waals surface area contributed by atoms with Crippen LogP contribution < -0.4 is 11.1 Å². The van der Waals surface area contributed by atoms with E-state index in [1.807, 2.05) is 12.1 Å². The van der Waals surface area contributed by atoms with Crippen LogP contribution in [0.2, 0.25) is 0 Å². The Kier molecular flexibility index (Phi) is 4.73. The van der Waals surface area contributed by atoms with Gasteiger partial charge in [0.25, 0.3) is 0 Å². The summed E-state index contributed by atoms with van der Waals surface area (Å²) in [7, 11) is 0. The molecule has 0 aliphatic carbocycles. The molecule has 3 N–H and O–H groups in total. The molecule has 0 spiro atoms. The minimum absolute atomic E-state index is 0.143. The van der Waals surface area contributed by atoms with Gasteiger partial charge < -0.3 is 11.1 Å². The van der Waals surface area contributed by atoms with E-state index in [4.69, 9.17) is 5.73 Å². The van der Waals surface area contributed by atoms with Crippen molar-refractivity contribution in [1.82, 2.24) is 9.97 Å². The Labute approximate surface area is 124 Å². The first kappa shape index (κ1) is 15.2. The Balaban J connectivity index is 2.12. The van der Waals surface area contributed by atoms with Crippen molar-refractivity contribution in [2.75, 3.05) is 11.1 Å². The Hall–Kier alpha value is -2.17. The van der Waals surface area contributed by atoms with Gasteiger partial charge in [-0.25, -0.2) is 14.4 Å². The van der Waals surface area contributed by atoms with Crippen LogP contribution in [0, 0.1) is 19.7 Å². The maximum atomic E-state index is 13.6. The SMILES string of the molecule is CCCc1nc(N)cc(NCc2cc(C)c(F)c(C)c2)n1. The fourth-order valence-corrected chi connectivity index (χ4v) is 2.27. The van der Waals surface area contributed by atoms with Crippen LogP contribution in [0.25, 0.3) is 0 Å². The molecule has 0 bridgehead atoms. The van der Waals surface area contributed by atoms with Crippen molar-refractivity contribution in [2.24, 2.45) is 0 Å². The van der Waals surface area contributed by atoms with Crippen LogP contribution in [-0.4, -0.2) is 9.97 Å². The molecule has 1 aromatic carbocycles. The molecule has 0 amide bonds. The van der Waals surface area contributed by atoms with Crippen molar-refractivity contribution in [1.29, 1.82) is 0 Å². The van der Waals surface area contributed by atoms with Crippen LogP contribution in [0.15, 0.2) is 18.2 Å². The Morgan fingerprint density at radius 1 is 1.14 bits per heavy atom. The third-order valence-electron chi connectivity index (χ3n) is 3.24. The predicted molar refractivity (Wildman–Crippen MR) is 83.6 cm³/mol. The number of nitrogens with one attached hydrogen (secondary N) is 1. The summed E-state index contributed by atoms with van der Waals surface area (Å²) < 4.78 is 13.6. The monoisotopic (exact) mass is 288 g/mol. The van der Waals surface area contributed by atoms with E-state index >= 15 is 0 Å². The van der Waals surface area contributed by atoms with Crippen LogP contribution in [0.4, 0.5) is 16.0 Å². The molecule has 1 heterocycles. The van der Waals surface area contributed by atoms with Gasteiger partial charge in [0.1, 0.15) is 23.3 Å². The summed E-state index contributed by atoms with van der Waals surface area (Å²) in [6.45, 7) is 6.19. The quantitative estimate of drug-likeness (QED) is 0.885. The highest BCUT2D eigenvalue weighted by atomic mass is 19.1. The normalized spacial score (nSPS) is 10.7. The highest BCUT2D eigenvalue weighted by Gasteiger charge is 2.06. The second kappa shape index (κ2) is 6.52. The van der Waals surface area contributed by atoms with Crippen LogP contribution in [0.1, 0.15) is 35.9 Å². The van der Waals surface area contributed by atoms with Gasteiger partial charge in [0.05, 0.1) is 0 Å². The topological polar surface area (TPSA) is 63.8 Å². The second-order valence-corrected chi connectivity index (χ2v) is 5.24. The standard InChI is InChI=1S/C16H21FN4/c1-4-5-14-20-13(18)8-15(21-14)19-9-12-6-10(2)16(17)11(3)7-12/h6-8H,4-5,9H2,1-3H3,(H3,18,19,20,21). The van der Waals surface area contributed by atoms with E-state index < -0.39 is 0 Å². The van der Waals surface area contributed by atoms with Gasteiger partial charge in [-0.1, -0.05) is 19.1 Å². The average Bonchev–Trinajstić information content (AvgIpc) is 2.42. The summed E-state index contributed by atoms with van der Waals surface area (Å²) in [6.07, 6.45) is 1.77. The molecule has 2 aromatic rings. The van der Waals surface area contributed by atoms with Crippen LogP contribution in [-0.2, 0) is 13.0 Å². The van der Waals surface area contributed by atoms with E-state index in [1.165, 1.54) is 0 Å². The number of rotatable bonds is 5. The lowest BCUT2D eigenvalue weighted by atomic mass is 10.1. The zero-order valence-electron chi connectivity index (χ0n) is 12.7. The first-order valence-corrected chi connectivity index (χ1v) is 7.12. The molecule has 4 nitrogen and oxygen atoms in total. The van der Waals surface area contributed by atoms with Crippen molar-refractivity contribution < 1.29 is 4.39 Å². The number of benzene rings is 1. The lowest BCUT2D eigenvalue weighted by Crippen LogP contribution is -2.07. The molecule has 0 fully saturated rings. The summed E-state index contributed by atoms with van der Waals surface area (Å²) in [5.74, 6) is 1.76. The van der Waals surface area contributed by atoms with E-state index in [0.29, 0.717) is 29.3 Å². The number of halogens is 1. The van der Waals surface area contributed by atoms with E-state index in [2.05, 4.69) is 22.2 Å². The molecule has 0 radical (unpaired) electrons. The molecular formula is C16H21FN4. The predicted octanol–water partition coefficient (Wildman–Crippen LogP) is 3.38. The second-order valence-electron chi connectivity index (χ2n) is 5.24. The fraction of sp³-hybridized carbons (Fsp3) is 0.375. The molecular weight excluding hydrogens is 267 g/mol. The Bertz CT molecular complexity index is 617. The van der Waals surface area contributed by atoms with Gasteiger partial charge in [-0.05, 0) is 37.0 Å². The van der Waals surface area contributed by atoms with Crippen molar-refractivity contribution in [3.8, 4) is 0 Å². The maximum absolute atomic E-state index is 13.6. The molecule has 0 unspecified atom stereocenters. The lowest BCUT2D eigenvalue weighted by Gasteiger charge is -2.10. The smallest absolute Gasteiger partial charge is 0.133 e. The van der Waals surface area contributed by atoms with E-state index in [9.17, 15) is 4.39 Å². The first-order valence-electron chi connectivity index (χ1n) is 7.12. The molecule has 0 atom stereocenters. The molecule has 0 aliphatic heterocycles. The van der Waals surface area contributed by atoms with E-state index in [0.717, 1.165) is 24.2 Å². The van der Waals surface area contributed by atoms with Gasteiger partial charge in [-0.2, -0.15) is 0 Å². The Morgan fingerprint density at radius 2 is 1.81 bits per heavy atom. The minimum atomic E-state index is -0.143. The third kappa shape index (κ3) is 3.90. The summed E-state index contributed by atoms with van der Waals surface area (Å²) in [5, 5.41) is 3.22. The van der Waals surface area contributed by atoms with Gasteiger partial charge in [0.2, 0.25) is 0 Å². The third-order valence-corrected chi connectivity index (χ3v) is 3.24. The number of nitrogens with two attached hydrogens (primary N) is 1. The molecule has 112 valence electrons. The van der Waals surface area contributed by atoms with E-state index in [-0.39, 0.29) is 5.82 Å². The van der Waals surface area contributed by atoms with Crippen LogP contribution >= 0.6 is 0 Å². The summed E-state index contributed by atoms with van der Waals surface area (Å²) in [4.78, 5) is 8.62. The number of anilines is 2. The number of hydrogen-bond acceptors (Lipinski definition) is 4. The number of hydrogen-bond donors (Lipinski definition) is 2. The number of aromatic nitrogens is 2. The first-order chi connectivity index (χ1) is 9.99. The zero-order chi connectivity index (χ0) is 15.4. The molecule has 0 saturated carbocycles.